The molecule has 5 rings (SSSR count). The molecule has 0 spiro atoms. The molecule has 2 aromatic rings. The summed E-state index contributed by atoms with van der Waals surface area (Å²) in [5.74, 6) is 0.899. The summed E-state index contributed by atoms with van der Waals surface area (Å²) in [5.41, 5.74) is 0. The zero-order valence-corrected chi connectivity index (χ0v) is 32.6. The van der Waals surface area contributed by atoms with Gasteiger partial charge >= 0.3 is 0 Å². The van der Waals surface area contributed by atoms with E-state index in [0.717, 1.165) is 31.9 Å². The molecule has 2 fully saturated rings. The summed E-state index contributed by atoms with van der Waals surface area (Å²) in [7, 11) is -2.65. The topological polar surface area (TPSA) is 115 Å². The lowest BCUT2D eigenvalue weighted by Gasteiger charge is -2.44. The number of hydrogen-bond acceptors (Lipinski definition) is 11. The molecule has 0 radical (unpaired) electrons. The molecule has 3 aliphatic heterocycles. The van der Waals surface area contributed by atoms with Gasteiger partial charge in [0, 0.05) is 38.8 Å². The van der Waals surface area contributed by atoms with Crippen LogP contribution in [-0.4, -0.2) is 154 Å². The molecule has 13 heteroatoms. The van der Waals surface area contributed by atoms with Crippen molar-refractivity contribution in [3.8, 4) is 0 Å². The van der Waals surface area contributed by atoms with Crippen LogP contribution in [0.15, 0.2) is 65.7 Å². The van der Waals surface area contributed by atoms with Crippen LogP contribution in [0.3, 0.4) is 0 Å². The van der Waals surface area contributed by atoms with Gasteiger partial charge in [0.15, 0.2) is 5.96 Å². The Morgan fingerprint density at radius 3 is 1.79 bits per heavy atom. The smallest absolute Gasteiger partial charge is 0.261 e. The van der Waals surface area contributed by atoms with Crippen LogP contribution in [0.1, 0.15) is 33.6 Å². The number of fused-ring (bicyclic) bond motifs is 1. The summed E-state index contributed by atoms with van der Waals surface area (Å²) in [5, 5.41) is 9.28. The summed E-state index contributed by atoms with van der Waals surface area (Å²) in [4.78, 5) is 22.7. The fourth-order valence-electron chi connectivity index (χ4n) is 7.03. The van der Waals surface area contributed by atoms with E-state index < -0.39 is 8.32 Å². The summed E-state index contributed by atoms with van der Waals surface area (Å²) in [6.07, 6.45) is 1.88. The molecule has 0 unspecified atom stereocenters. The first-order valence-electron chi connectivity index (χ1n) is 19.1. The Labute approximate surface area is 311 Å². The lowest BCUT2D eigenvalue weighted by atomic mass is 10.1. The predicted molar refractivity (Wildman–Crippen MR) is 206 cm³/mol. The zero-order valence-electron chi connectivity index (χ0n) is 31.6. The third-order valence-corrected chi connectivity index (χ3v) is 14.8. The quantitative estimate of drug-likeness (QED) is 0.370. The number of hydrogen-bond donors (Lipinski definition) is 2. The minimum Gasteiger partial charge on any atom is -0.405 e. The molecule has 0 bridgehead atoms. The van der Waals surface area contributed by atoms with Crippen LogP contribution in [0.5, 0.6) is 0 Å². The van der Waals surface area contributed by atoms with E-state index in [1.807, 2.05) is 0 Å². The molecule has 3 aliphatic rings. The van der Waals surface area contributed by atoms with Gasteiger partial charge in [-0.3, -0.25) is 9.69 Å². The second-order valence-corrected chi connectivity index (χ2v) is 18.9. The molecule has 52 heavy (non-hydrogen) atoms. The van der Waals surface area contributed by atoms with Crippen LogP contribution in [-0.2, 0) is 32.9 Å². The molecule has 0 aliphatic carbocycles. The number of amides is 1. The lowest BCUT2D eigenvalue weighted by molar-refractivity contribution is -0.122. The Hall–Kier alpha value is -2.88. The lowest BCUT2D eigenvalue weighted by Crippen LogP contribution is -2.67. The standard InChI is InChI=1S/C39H61N5O7Si/c1-39(2,3)52(35-10-6-4-7-11-35,36-12-8-5-9-13-36)51-32-34-15-17-44-16-14-33(41-38(44)42-34)30-40-37(45)31-43-18-20-46-22-24-48-26-28-50-29-27-49-25-23-47-21-19-43/h4-13,33-34H,14-32H2,1-3H3,(H,40,45)(H,41,42)/t33-,34-/m0/s1. The molecular weight excluding hydrogens is 679 g/mol. The normalized spacial score (nSPS) is 22.6. The molecule has 2 saturated heterocycles. The highest BCUT2D eigenvalue weighted by Gasteiger charge is 2.50. The van der Waals surface area contributed by atoms with Crippen molar-refractivity contribution in [1.82, 2.24) is 20.4 Å². The molecule has 1 amide bonds. The predicted octanol–water partition coefficient (Wildman–Crippen LogP) is 1.87. The maximum absolute atomic E-state index is 13.1. The Morgan fingerprint density at radius 2 is 1.27 bits per heavy atom. The average molecular weight is 740 g/mol. The van der Waals surface area contributed by atoms with Crippen molar-refractivity contribution in [2.75, 3.05) is 112 Å². The molecule has 2 atom stereocenters. The van der Waals surface area contributed by atoms with Crippen molar-refractivity contribution in [3.05, 3.63) is 60.7 Å². The summed E-state index contributed by atoms with van der Waals surface area (Å²) < 4.78 is 35.4. The van der Waals surface area contributed by atoms with E-state index >= 15 is 0 Å². The minimum absolute atomic E-state index is 0.0137. The molecule has 2 aromatic carbocycles. The number of carbonyl (C=O) groups is 1. The second-order valence-electron chi connectivity index (χ2n) is 14.6. The number of guanidine groups is 1. The molecule has 288 valence electrons. The van der Waals surface area contributed by atoms with Crippen LogP contribution in [0.25, 0.3) is 0 Å². The molecule has 0 aromatic heterocycles. The third-order valence-electron chi connectivity index (χ3n) is 9.83. The van der Waals surface area contributed by atoms with Crippen molar-refractivity contribution in [3.63, 3.8) is 0 Å². The first kappa shape index (κ1) is 40.3. The van der Waals surface area contributed by atoms with Crippen molar-refractivity contribution in [1.29, 1.82) is 0 Å². The Kier molecular flexibility index (Phi) is 16.4. The SMILES string of the molecule is CC(C)(C)[Si](OC[C@@H]1CCN2CC[C@@H](CNC(=O)CN3CCOCCOCCOCCOCCOCC3)NC2=N1)(c1ccccc1)c1ccccc1. The Balaban J connectivity index is 1.13. The van der Waals surface area contributed by atoms with E-state index in [4.69, 9.17) is 33.1 Å². The van der Waals surface area contributed by atoms with Gasteiger partial charge in [0.2, 0.25) is 5.91 Å². The molecule has 12 nitrogen and oxygen atoms in total. The average Bonchev–Trinajstić information content (AvgIpc) is 3.15. The number of rotatable bonds is 9. The zero-order chi connectivity index (χ0) is 36.5. The summed E-state index contributed by atoms with van der Waals surface area (Å²) >= 11 is 0. The monoisotopic (exact) mass is 739 g/mol. The summed E-state index contributed by atoms with van der Waals surface area (Å²) in [6, 6.07) is 21.7. The van der Waals surface area contributed by atoms with E-state index in [-0.39, 0.29) is 29.6 Å². The van der Waals surface area contributed by atoms with Gasteiger partial charge in [0.25, 0.3) is 8.32 Å². The summed E-state index contributed by atoms with van der Waals surface area (Å²) in [6.45, 7) is 16.6. The van der Waals surface area contributed by atoms with E-state index in [9.17, 15) is 4.79 Å². The number of carbonyl (C=O) groups excluding carboxylic acids is 1. The van der Waals surface area contributed by atoms with Gasteiger partial charge in [-0.2, -0.15) is 0 Å². The van der Waals surface area contributed by atoms with Gasteiger partial charge in [-0.05, 0) is 28.3 Å². The minimum atomic E-state index is -2.65. The van der Waals surface area contributed by atoms with Gasteiger partial charge in [-0.15, -0.1) is 0 Å². The van der Waals surface area contributed by atoms with Gasteiger partial charge in [-0.1, -0.05) is 81.4 Å². The van der Waals surface area contributed by atoms with Crippen LogP contribution in [0.2, 0.25) is 5.04 Å². The second kappa shape index (κ2) is 21.1. The fourth-order valence-corrected chi connectivity index (χ4v) is 11.6. The van der Waals surface area contributed by atoms with Crippen LogP contribution in [0.4, 0.5) is 0 Å². The maximum Gasteiger partial charge on any atom is 0.261 e. The van der Waals surface area contributed by atoms with Crippen molar-refractivity contribution in [2.24, 2.45) is 4.99 Å². The molecule has 3 heterocycles. The van der Waals surface area contributed by atoms with Crippen LogP contribution < -0.4 is 21.0 Å². The van der Waals surface area contributed by atoms with Crippen LogP contribution in [0, 0.1) is 0 Å². The maximum atomic E-state index is 13.1. The van der Waals surface area contributed by atoms with E-state index in [1.165, 1.54) is 10.4 Å². The number of aliphatic imine (C=N–C) groups is 1. The third kappa shape index (κ3) is 12.1. The number of ether oxygens (including phenoxy) is 5. The van der Waals surface area contributed by atoms with Crippen molar-refractivity contribution < 1.29 is 32.9 Å². The Bertz CT molecular complexity index is 1290. The number of benzene rings is 2. The number of nitrogens with one attached hydrogen (secondary N) is 2. The first-order valence-corrected chi connectivity index (χ1v) is 21.0. The van der Waals surface area contributed by atoms with Crippen molar-refractivity contribution in [2.45, 2.75) is 50.7 Å². The molecule has 0 saturated carbocycles. The van der Waals surface area contributed by atoms with Gasteiger partial charge in [0.1, 0.15) is 0 Å². The van der Waals surface area contributed by atoms with Gasteiger partial charge in [0.05, 0.1) is 85.3 Å². The highest BCUT2D eigenvalue weighted by Crippen LogP contribution is 2.37. The van der Waals surface area contributed by atoms with Gasteiger partial charge < -0.3 is 43.6 Å². The van der Waals surface area contributed by atoms with E-state index in [0.29, 0.717) is 92.3 Å². The highest BCUT2D eigenvalue weighted by molar-refractivity contribution is 6.99. The number of nitrogens with zero attached hydrogens (tertiary/aromatic N) is 3. The van der Waals surface area contributed by atoms with Gasteiger partial charge in [-0.25, -0.2) is 4.99 Å². The fraction of sp³-hybridized carbons (Fsp3) is 0.641. The molecular formula is C39H61N5O7Si. The highest BCUT2D eigenvalue weighted by atomic mass is 28.4. The van der Waals surface area contributed by atoms with Crippen molar-refractivity contribution >= 4 is 30.6 Å². The van der Waals surface area contributed by atoms with Crippen LogP contribution >= 0.6 is 0 Å². The first-order chi connectivity index (χ1) is 25.3. The Morgan fingerprint density at radius 1 is 0.769 bits per heavy atom. The largest absolute Gasteiger partial charge is 0.405 e. The molecule has 2 N–H and O–H groups in total. The van der Waals surface area contributed by atoms with E-state index in [2.05, 4.69) is 102 Å². The van der Waals surface area contributed by atoms with E-state index in [1.54, 1.807) is 0 Å².